The lowest BCUT2D eigenvalue weighted by Crippen LogP contribution is -2.46. The number of carboxylic acids is 1. The molecule has 1 saturated carbocycles. The van der Waals surface area contributed by atoms with Gasteiger partial charge in [-0.2, -0.15) is 4.31 Å². The Hall–Kier alpha value is -2.00. The topological polar surface area (TPSA) is 117 Å². The zero-order valence-corrected chi connectivity index (χ0v) is 15.9. The number of nitrogens with zero attached hydrogens (tertiary/aromatic N) is 2. The Morgan fingerprint density at radius 2 is 1.74 bits per heavy atom. The zero-order valence-electron chi connectivity index (χ0n) is 15.1. The van der Waals surface area contributed by atoms with E-state index in [0.717, 1.165) is 0 Å². The van der Waals surface area contributed by atoms with Crippen LogP contribution in [-0.4, -0.2) is 53.8 Å². The van der Waals surface area contributed by atoms with Crippen molar-refractivity contribution in [3.8, 4) is 0 Å². The summed E-state index contributed by atoms with van der Waals surface area (Å²) in [7, 11) is -3.57. The van der Waals surface area contributed by atoms with Gasteiger partial charge in [-0.15, -0.1) is 0 Å². The van der Waals surface area contributed by atoms with E-state index in [1.54, 1.807) is 6.07 Å². The number of amides is 1. The number of hydrogen-bond acceptors (Lipinski definition) is 5. The molecule has 1 aliphatic carbocycles. The van der Waals surface area contributed by atoms with Crippen LogP contribution in [-0.2, 0) is 19.6 Å². The monoisotopic (exact) mass is 395 g/mol. The molecule has 9 heteroatoms. The lowest BCUT2D eigenvalue weighted by atomic mass is 9.85. The van der Waals surface area contributed by atoms with Gasteiger partial charge in [0.25, 0.3) is 0 Å². The fourth-order valence-electron chi connectivity index (χ4n) is 3.81. The number of rotatable bonds is 5. The van der Waals surface area contributed by atoms with Crippen molar-refractivity contribution in [2.24, 2.45) is 11.8 Å². The predicted octanol–water partition coefficient (Wildman–Crippen LogP) is 1.24. The summed E-state index contributed by atoms with van der Waals surface area (Å²) in [6.07, 6.45) is 6.35. The summed E-state index contributed by atoms with van der Waals surface area (Å²) < 4.78 is 26.6. The van der Waals surface area contributed by atoms with E-state index < -0.39 is 16.0 Å². The highest BCUT2D eigenvalue weighted by molar-refractivity contribution is 7.89. The minimum Gasteiger partial charge on any atom is -0.481 e. The first-order chi connectivity index (χ1) is 12.9. The minimum atomic E-state index is -3.57. The smallest absolute Gasteiger partial charge is 0.306 e. The number of nitrogens with one attached hydrogen (secondary N) is 1. The average molecular weight is 395 g/mol. The molecule has 0 spiro atoms. The van der Waals surface area contributed by atoms with Gasteiger partial charge in [0.1, 0.15) is 4.90 Å². The number of carbonyl (C=O) groups excluding carboxylic acids is 1. The van der Waals surface area contributed by atoms with Gasteiger partial charge in [0.05, 0.1) is 5.92 Å². The Kier molecular flexibility index (Phi) is 6.11. The van der Waals surface area contributed by atoms with Crippen molar-refractivity contribution in [1.82, 2.24) is 14.6 Å². The third kappa shape index (κ3) is 4.65. The largest absolute Gasteiger partial charge is 0.481 e. The summed E-state index contributed by atoms with van der Waals surface area (Å²) >= 11 is 0. The molecule has 0 radical (unpaired) electrons. The third-order valence-electron chi connectivity index (χ3n) is 5.52. The van der Waals surface area contributed by atoms with Crippen LogP contribution in [0.2, 0.25) is 0 Å². The predicted molar refractivity (Wildman–Crippen MR) is 97.2 cm³/mol. The Bertz CT molecular complexity index is 767. The molecule has 0 unspecified atom stereocenters. The summed E-state index contributed by atoms with van der Waals surface area (Å²) in [4.78, 5) is 27.5. The number of piperidine rings is 1. The first-order valence-electron chi connectivity index (χ1n) is 9.31. The second kappa shape index (κ2) is 8.35. The van der Waals surface area contributed by atoms with Crippen LogP contribution in [0, 0.1) is 11.8 Å². The second-order valence-corrected chi connectivity index (χ2v) is 9.20. The van der Waals surface area contributed by atoms with Crippen LogP contribution in [0.3, 0.4) is 0 Å². The van der Waals surface area contributed by atoms with Crippen molar-refractivity contribution in [2.75, 3.05) is 13.1 Å². The van der Waals surface area contributed by atoms with Crippen LogP contribution >= 0.6 is 0 Å². The van der Waals surface area contributed by atoms with E-state index in [2.05, 4.69) is 10.3 Å². The van der Waals surface area contributed by atoms with E-state index in [9.17, 15) is 18.0 Å². The van der Waals surface area contributed by atoms with Gasteiger partial charge in [0.2, 0.25) is 15.9 Å². The fraction of sp³-hybridized carbons (Fsp3) is 0.611. The number of hydrogen-bond donors (Lipinski definition) is 2. The van der Waals surface area contributed by atoms with E-state index in [-0.39, 0.29) is 28.7 Å². The van der Waals surface area contributed by atoms with Gasteiger partial charge in [-0.1, -0.05) is 0 Å². The molecule has 27 heavy (non-hydrogen) atoms. The maximum atomic E-state index is 12.6. The van der Waals surface area contributed by atoms with Crippen LogP contribution in [0.25, 0.3) is 0 Å². The fourth-order valence-corrected chi connectivity index (χ4v) is 5.25. The molecule has 0 atom stereocenters. The van der Waals surface area contributed by atoms with Crippen molar-refractivity contribution < 1.29 is 23.1 Å². The van der Waals surface area contributed by atoms with Gasteiger partial charge in [0, 0.05) is 37.4 Å². The third-order valence-corrected chi connectivity index (χ3v) is 7.40. The molecule has 8 nitrogen and oxygen atoms in total. The molecule has 2 N–H and O–H groups in total. The van der Waals surface area contributed by atoms with E-state index >= 15 is 0 Å². The normalized spacial score (nSPS) is 25.0. The lowest BCUT2D eigenvalue weighted by Gasteiger charge is -2.32. The van der Waals surface area contributed by atoms with Crippen molar-refractivity contribution >= 4 is 21.9 Å². The van der Waals surface area contributed by atoms with Gasteiger partial charge in [-0.25, -0.2) is 8.42 Å². The highest BCUT2D eigenvalue weighted by Crippen LogP contribution is 2.27. The van der Waals surface area contributed by atoms with Crippen molar-refractivity contribution in [3.63, 3.8) is 0 Å². The van der Waals surface area contributed by atoms with E-state index in [4.69, 9.17) is 5.11 Å². The van der Waals surface area contributed by atoms with Crippen LogP contribution in [0.4, 0.5) is 0 Å². The van der Waals surface area contributed by atoms with E-state index in [1.165, 1.54) is 22.8 Å². The van der Waals surface area contributed by atoms with Gasteiger partial charge in [-0.05, 0) is 50.7 Å². The van der Waals surface area contributed by atoms with Crippen LogP contribution in [0.1, 0.15) is 38.5 Å². The number of aromatic nitrogens is 1. The molecule has 3 rings (SSSR count). The molecule has 1 amide bonds. The van der Waals surface area contributed by atoms with Crippen molar-refractivity contribution in [1.29, 1.82) is 0 Å². The van der Waals surface area contributed by atoms with Crippen LogP contribution in [0.5, 0.6) is 0 Å². The molecular formula is C18H25N3O5S. The standard InChI is InChI=1S/C18H25N3O5S/c22-17(20-15-5-3-14(4-6-15)18(23)24)13-7-10-21(11-8-13)27(25,26)16-2-1-9-19-12-16/h1-2,9,12-15H,3-8,10-11H2,(H,20,22)(H,23,24). The molecule has 1 saturated heterocycles. The Balaban J connectivity index is 1.49. The quantitative estimate of drug-likeness (QED) is 0.775. The average Bonchev–Trinajstić information content (AvgIpc) is 2.69. The minimum absolute atomic E-state index is 0.0188. The molecule has 1 aromatic rings. The maximum absolute atomic E-state index is 12.6. The van der Waals surface area contributed by atoms with Crippen LogP contribution in [0.15, 0.2) is 29.4 Å². The first-order valence-corrected chi connectivity index (χ1v) is 10.8. The van der Waals surface area contributed by atoms with Crippen molar-refractivity contribution in [2.45, 2.75) is 49.5 Å². The van der Waals surface area contributed by atoms with Gasteiger partial charge < -0.3 is 10.4 Å². The maximum Gasteiger partial charge on any atom is 0.306 e. The van der Waals surface area contributed by atoms with Crippen LogP contribution < -0.4 is 5.32 Å². The van der Waals surface area contributed by atoms with Gasteiger partial charge in [0.15, 0.2) is 0 Å². The van der Waals surface area contributed by atoms with E-state index in [0.29, 0.717) is 51.6 Å². The highest BCUT2D eigenvalue weighted by atomic mass is 32.2. The first kappa shape index (κ1) is 19.8. The molecule has 2 heterocycles. The molecule has 1 aromatic heterocycles. The summed E-state index contributed by atoms with van der Waals surface area (Å²) in [6, 6.07) is 3.13. The highest BCUT2D eigenvalue weighted by Gasteiger charge is 2.33. The van der Waals surface area contributed by atoms with E-state index in [1.807, 2.05) is 0 Å². The van der Waals surface area contributed by atoms with Gasteiger partial charge >= 0.3 is 5.97 Å². The Morgan fingerprint density at radius 1 is 1.07 bits per heavy atom. The molecule has 2 fully saturated rings. The number of pyridine rings is 1. The summed E-state index contributed by atoms with van der Waals surface area (Å²) in [5.74, 6) is -1.32. The van der Waals surface area contributed by atoms with Gasteiger partial charge in [-0.3, -0.25) is 14.6 Å². The molecule has 0 aromatic carbocycles. The summed E-state index contributed by atoms with van der Waals surface area (Å²) in [5, 5.41) is 12.1. The molecular weight excluding hydrogens is 370 g/mol. The SMILES string of the molecule is O=C(O)C1CCC(NC(=O)C2CCN(S(=O)(=O)c3cccnc3)CC2)CC1. The molecule has 1 aliphatic heterocycles. The zero-order chi connectivity index (χ0) is 19.4. The second-order valence-electron chi connectivity index (χ2n) is 7.26. The summed E-state index contributed by atoms with van der Waals surface area (Å²) in [5.41, 5.74) is 0. The molecule has 2 aliphatic rings. The molecule has 148 valence electrons. The number of carboxylic acid groups (broad SMARTS) is 1. The number of carbonyl (C=O) groups is 2. The Morgan fingerprint density at radius 3 is 2.30 bits per heavy atom. The van der Waals surface area contributed by atoms with Crippen molar-refractivity contribution in [3.05, 3.63) is 24.5 Å². The Labute approximate surface area is 159 Å². The molecule has 0 bridgehead atoms. The number of aliphatic carboxylic acids is 1. The number of sulfonamides is 1. The lowest BCUT2D eigenvalue weighted by molar-refractivity contribution is -0.142. The summed E-state index contributed by atoms with van der Waals surface area (Å²) in [6.45, 7) is 0.613.